The van der Waals surface area contributed by atoms with Gasteiger partial charge in [-0.1, -0.05) is 11.2 Å². The minimum atomic E-state index is -1.08. The second-order valence-electron chi connectivity index (χ2n) is 9.09. The van der Waals surface area contributed by atoms with E-state index in [-0.39, 0.29) is 5.91 Å². The monoisotopic (exact) mass is 459 g/mol. The fourth-order valence-corrected chi connectivity index (χ4v) is 4.61. The van der Waals surface area contributed by atoms with E-state index in [1.54, 1.807) is 13.8 Å². The van der Waals surface area contributed by atoms with E-state index in [1.807, 2.05) is 48.2 Å². The Hall–Kier alpha value is -3.72. The summed E-state index contributed by atoms with van der Waals surface area (Å²) < 4.78 is 5.04. The van der Waals surface area contributed by atoms with Gasteiger partial charge in [-0.2, -0.15) is 4.98 Å². The van der Waals surface area contributed by atoms with Gasteiger partial charge < -0.3 is 25.5 Å². The van der Waals surface area contributed by atoms with Crippen molar-refractivity contribution in [1.29, 1.82) is 0 Å². The quantitative estimate of drug-likeness (QED) is 0.402. The van der Waals surface area contributed by atoms with Crippen LogP contribution >= 0.6 is 0 Å². The van der Waals surface area contributed by atoms with E-state index in [2.05, 4.69) is 20.4 Å². The number of fused-ring (bicyclic) bond motifs is 1. The third-order valence-electron chi connectivity index (χ3n) is 6.48. The molecule has 9 nitrogen and oxygen atoms in total. The number of aromatic amines is 1. The summed E-state index contributed by atoms with van der Waals surface area (Å²) in [6.07, 6.45) is 2.07. The third kappa shape index (κ3) is 4.03. The molecular weight excluding hydrogens is 430 g/mol. The van der Waals surface area contributed by atoms with Gasteiger partial charge in [0, 0.05) is 31.3 Å². The fourth-order valence-electron chi connectivity index (χ4n) is 4.61. The predicted octanol–water partition coefficient (Wildman–Crippen LogP) is 3.64. The van der Waals surface area contributed by atoms with Crippen molar-refractivity contribution in [2.24, 2.45) is 5.73 Å². The molecule has 0 saturated carbocycles. The lowest BCUT2D eigenvalue weighted by molar-refractivity contribution is -0.135. The van der Waals surface area contributed by atoms with Gasteiger partial charge in [0.2, 0.25) is 17.6 Å². The predicted molar refractivity (Wildman–Crippen MR) is 130 cm³/mol. The number of carbonyl (C=O) groups is 1. The molecule has 0 aliphatic carbocycles. The van der Waals surface area contributed by atoms with Crippen molar-refractivity contribution in [3.05, 3.63) is 59.2 Å². The van der Waals surface area contributed by atoms with Gasteiger partial charge in [0.05, 0.1) is 17.6 Å². The van der Waals surface area contributed by atoms with Gasteiger partial charge in [0.15, 0.2) is 0 Å². The van der Waals surface area contributed by atoms with E-state index in [9.17, 15) is 4.79 Å². The Morgan fingerprint density at radius 2 is 1.88 bits per heavy atom. The molecule has 1 amide bonds. The first-order valence-corrected chi connectivity index (χ1v) is 11.5. The highest BCUT2D eigenvalue weighted by Gasteiger charge is 2.37. The number of nitrogens with two attached hydrogens (primary N) is 1. The van der Waals surface area contributed by atoms with Crippen LogP contribution in [-0.4, -0.2) is 44.0 Å². The number of benzene rings is 2. The summed E-state index contributed by atoms with van der Waals surface area (Å²) in [4.78, 5) is 27.4. The number of aryl methyl sites for hydroxylation is 2. The molecule has 0 radical (unpaired) electrons. The molecule has 1 atom stereocenters. The number of imidazole rings is 1. The third-order valence-corrected chi connectivity index (χ3v) is 6.48. The van der Waals surface area contributed by atoms with Crippen molar-refractivity contribution in [2.45, 2.75) is 45.7 Å². The number of anilines is 1. The van der Waals surface area contributed by atoms with E-state index in [1.165, 1.54) is 0 Å². The highest BCUT2D eigenvalue weighted by Crippen LogP contribution is 2.30. The molecule has 1 aliphatic heterocycles. The Morgan fingerprint density at radius 3 is 2.56 bits per heavy atom. The maximum Gasteiger partial charge on any atom is 0.246 e. The number of rotatable bonds is 6. The number of nitrogens with zero attached hydrogens (tertiary/aromatic N) is 4. The van der Waals surface area contributed by atoms with Crippen molar-refractivity contribution in [1.82, 2.24) is 25.0 Å². The molecule has 34 heavy (non-hydrogen) atoms. The van der Waals surface area contributed by atoms with Crippen molar-refractivity contribution in [2.75, 3.05) is 18.4 Å². The molecule has 176 valence electrons. The van der Waals surface area contributed by atoms with Gasteiger partial charge in [0.25, 0.3) is 0 Å². The molecule has 1 saturated heterocycles. The fraction of sp³-hybridized carbons (Fsp3) is 0.360. The van der Waals surface area contributed by atoms with Crippen LogP contribution in [0.3, 0.4) is 0 Å². The molecule has 5 rings (SSSR count). The van der Waals surface area contributed by atoms with E-state index < -0.39 is 5.54 Å². The molecule has 0 spiro atoms. The number of amides is 1. The van der Waals surface area contributed by atoms with Crippen LogP contribution in [-0.2, 0) is 16.9 Å². The van der Waals surface area contributed by atoms with Crippen LogP contribution in [0.4, 0.5) is 5.69 Å². The Morgan fingerprint density at radius 1 is 1.15 bits per heavy atom. The van der Waals surface area contributed by atoms with Crippen molar-refractivity contribution in [3.8, 4) is 11.4 Å². The van der Waals surface area contributed by atoms with E-state index in [0.717, 1.165) is 65.2 Å². The Bertz CT molecular complexity index is 1330. The van der Waals surface area contributed by atoms with Gasteiger partial charge in [-0.25, -0.2) is 4.98 Å². The second kappa shape index (κ2) is 8.57. The lowest BCUT2D eigenvalue weighted by Gasteiger charge is -2.30. The Balaban J connectivity index is 1.32. The summed E-state index contributed by atoms with van der Waals surface area (Å²) in [7, 11) is 0. The molecule has 9 heteroatoms. The van der Waals surface area contributed by atoms with Crippen LogP contribution in [0.15, 0.2) is 40.9 Å². The number of nitrogens with one attached hydrogen (secondary N) is 2. The number of hydrogen-bond acceptors (Lipinski definition) is 7. The normalized spacial score (nSPS) is 15.6. The van der Waals surface area contributed by atoms with E-state index >= 15 is 0 Å². The van der Waals surface area contributed by atoms with Crippen molar-refractivity contribution >= 4 is 22.6 Å². The first-order chi connectivity index (χ1) is 16.3. The zero-order valence-corrected chi connectivity index (χ0v) is 19.7. The molecule has 1 aliphatic rings. The summed E-state index contributed by atoms with van der Waals surface area (Å²) in [6, 6.07) is 11.7. The molecule has 4 aromatic rings. The average Bonchev–Trinajstić information content (AvgIpc) is 3.58. The number of hydrogen-bond donors (Lipinski definition) is 3. The Labute approximate surface area is 197 Å². The molecule has 3 heterocycles. The standard InChI is InChI=1S/C25H29N7O2/c1-15-19(25(3,26)24(33)32-12-4-5-13-32)10-11-20-22(15)30-21(29-20)14-27-18-8-6-17(7-9-18)23-28-16(2)34-31-23/h6-11,27H,4-5,12-14,26H2,1-3H3,(H,29,30)/t25-/m1/s1. The number of aromatic nitrogens is 4. The second-order valence-corrected chi connectivity index (χ2v) is 9.09. The maximum absolute atomic E-state index is 13.1. The van der Waals surface area contributed by atoms with Gasteiger partial charge in [-0.3, -0.25) is 4.79 Å². The number of likely N-dealkylation sites (tertiary alicyclic amines) is 1. The SMILES string of the molecule is Cc1nc(-c2ccc(NCc3nc4c(C)c([C@@](C)(N)C(=O)N5CCCC5)ccc4[nH]3)cc2)no1. The van der Waals surface area contributed by atoms with Gasteiger partial charge in [0.1, 0.15) is 11.4 Å². The van der Waals surface area contributed by atoms with E-state index in [0.29, 0.717) is 18.3 Å². The smallest absolute Gasteiger partial charge is 0.246 e. The Kier molecular flexibility index (Phi) is 5.57. The first kappa shape index (κ1) is 22.1. The lowest BCUT2D eigenvalue weighted by atomic mass is 9.87. The zero-order chi connectivity index (χ0) is 23.9. The number of H-pyrrole nitrogens is 1. The van der Waals surface area contributed by atoms with Crippen LogP contribution in [0, 0.1) is 13.8 Å². The molecule has 4 N–H and O–H groups in total. The summed E-state index contributed by atoms with van der Waals surface area (Å²) in [5, 5.41) is 7.33. The van der Waals surface area contributed by atoms with Gasteiger partial charge in [-0.15, -0.1) is 0 Å². The maximum atomic E-state index is 13.1. The summed E-state index contributed by atoms with van der Waals surface area (Å²) in [5.74, 6) is 1.89. The van der Waals surface area contributed by atoms with Crippen LogP contribution < -0.4 is 11.1 Å². The molecular formula is C25H29N7O2. The van der Waals surface area contributed by atoms with Crippen LogP contribution in [0.5, 0.6) is 0 Å². The highest BCUT2D eigenvalue weighted by atomic mass is 16.5. The van der Waals surface area contributed by atoms with Gasteiger partial charge in [-0.05, 0) is 68.1 Å². The molecule has 2 aromatic heterocycles. The van der Waals surface area contributed by atoms with Crippen molar-refractivity contribution in [3.63, 3.8) is 0 Å². The molecule has 0 bridgehead atoms. The topological polar surface area (TPSA) is 126 Å². The summed E-state index contributed by atoms with van der Waals surface area (Å²) in [6.45, 7) is 7.63. The minimum absolute atomic E-state index is 0.0238. The lowest BCUT2D eigenvalue weighted by Crippen LogP contribution is -2.50. The van der Waals surface area contributed by atoms with E-state index in [4.69, 9.17) is 15.2 Å². The molecule has 1 fully saturated rings. The average molecular weight is 460 g/mol. The van der Waals surface area contributed by atoms with Crippen LogP contribution in [0.2, 0.25) is 0 Å². The first-order valence-electron chi connectivity index (χ1n) is 11.5. The van der Waals surface area contributed by atoms with Crippen LogP contribution in [0.1, 0.15) is 42.6 Å². The largest absolute Gasteiger partial charge is 0.378 e. The zero-order valence-electron chi connectivity index (χ0n) is 19.7. The number of carbonyl (C=O) groups excluding carboxylic acids is 1. The summed E-state index contributed by atoms with van der Waals surface area (Å²) >= 11 is 0. The minimum Gasteiger partial charge on any atom is -0.378 e. The van der Waals surface area contributed by atoms with Gasteiger partial charge >= 0.3 is 0 Å². The molecule has 2 aromatic carbocycles. The van der Waals surface area contributed by atoms with Crippen molar-refractivity contribution < 1.29 is 9.32 Å². The summed E-state index contributed by atoms with van der Waals surface area (Å²) in [5.41, 5.74) is 10.9. The molecule has 0 unspecified atom stereocenters. The highest BCUT2D eigenvalue weighted by molar-refractivity contribution is 5.90. The van der Waals surface area contributed by atoms with Crippen LogP contribution in [0.25, 0.3) is 22.4 Å².